The quantitative estimate of drug-likeness (QED) is 0.594. The second-order valence-electron chi connectivity index (χ2n) is 3.95. The van der Waals surface area contributed by atoms with Gasteiger partial charge < -0.3 is 4.74 Å². The van der Waals surface area contributed by atoms with Gasteiger partial charge in [-0.3, -0.25) is 0 Å². The van der Waals surface area contributed by atoms with Crippen LogP contribution in [-0.2, 0) is 4.74 Å². The van der Waals surface area contributed by atoms with Crippen LogP contribution in [0.3, 0.4) is 0 Å². The first-order valence-corrected chi connectivity index (χ1v) is 4.86. The van der Waals surface area contributed by atoms with Gasteiger partial charge in [-0.15, -0.1) is 0 Å². The summed E-state index contributed by atoms with van der Waals surface area (Å²) >= 11 is 0. The summed E-state index contributed by atoms with van der Waals surface area (Å²) in [4.78, 5) is 0. The Balaban J connectivity index is 2.18. The lowest BCUT2D eigenvalue weighted by atomic mass is 10.1. The van der Waals surface area contributed by atoms with Crippen LogP contribution in [0.5, 0.6) is 0 Å². The van der Waals surface area contributed by atoms with Crippen LogP contribution in [0.4, 0.5) is 0 Å². The Bertz CT molecular complexity index is 114. The van der Waals surface area contributed by atoms with Gasteiger partial charge in [-0.05, 0) is 33.1 Å². The van der Waals surface area contributed by atoms with Crippen LogP contribution in [0.1, 0.15) is 52.9 Å². The van der Waals surface area contributed by atoms with Crippen LogP contribution in [0, 0.1) is 0 Å². The molecule has 0 bridgehead atoms. The van der Waals surface area contributed by atoms with Crippen molar-refractivity contribution < 1.29 is 4.74 Å². The van der Waals surface area contributed by atoms with E-state index in [4.69, 9.17) is 4.74 Å². The van der Waals surface area contributed by atoms with Gasteiger partial charge in [-0.1, -0.05) is 19.8 Å². The van der Waals surface area contributed by atoms with E-state index in [0.717, 1.165) is 0 Å². The molecule has 11 heavy (non-hydrogen) atoms. The van der Waals surface area contributed by atoms with E-state index in [1.54, 1.807) is 0 Å². The summed E-state index contributed by atoms with van der Waals surface area (Å²) < 4.78 is 5.85. The summed E-state index contributed by atoms with van der Waals surface area (Å²) in [6, 6.07) is 0. The second-order valence-corrected chi connectivity index (χ2v) is 3.95. The lowest BCUT2D eigenvalue weighted by Crippen LogP contribution is -2.18. The molecule has 0 N–H and O–H groups in total. The summed E-state index contributed by atoms with van der Waals surface area (Å²) in [5.74, 6) is 0. The molecule has 0 radical (unpaired) electrons. The third kappa shape index (κ3) is 2.82. The standard InChI is InChI=1S/C10H20O/c1-4-5-6-10(7-8-10)11-9(2)3/h9H,4-8H2,1-3H3. The molecule has 0 atom stereocenters. The highest BCUT2D eigenvalue weighted by Crippen LogP contribution is 2.44. The molecule has 0 aliphatic heterocycles. The van der Waals surface area contributed by atoms with Crippen molar-refractivity contribution in [3.63, 3.8) is 0 Å². The van der Waals surface area contributed by atoms with Crippen LogP contribution < -0.4 is 0 Å². The highest BCUT2D eigenvalue weighted by molar-refractivity contribution is 4.95. The minimum Gasteiger partial charge on any atom is -0.372 e. The maximum Gasteiger partial charge on any atom is 0.0688 e. The summed E-state index contributed by atoms with van der Waals surface area (Å²) in [6.07, 6.45) is 6.91. The van der Waals surface area contributed by atoms with Gasteiger partial charge in [0.25, 0.3) is 0 Å². The Morgan fingerprint density at radius 3 is 2.36 bits per heavy atom. The second kappa shape index (κ2) is 3.57. The average Bonchev–Trinajstić information content (AvgIpc) is 2.64. The van der Waals surface area contributed by atoms with E-state index in [9.17, 15) is 0 Å². The predicted molar refractivity (Wildman–Crippen MR) is 47.7 cm³/mol. The maximum absolute atomic E-state index is 5.85. The minimum atomic E-state index is 0.324. The molecule has 1 aliphatic rings. The molecule has 1 rings (SSSR count). The van der Waals surface area contributed by atoms with E-state index in [-0.39, 0.29) is 0 Å². The fraction of sp³-hybridized carbons (Fsp3) is 1.00. The van der Waals surface area contributed by atoms with E-state index in [1.165, 1.54) is 32.1 Å². The first kappa shape index (κ1) is 9.05. The number of unbranched alkanes of at least 4 members (excludes halogenated alkanes) is 1. The van der Waals surface area contributed by atoms with Gasteiger partial charge in [0.05, 0.1) is 11.7 Å². The zero-order valence-electron chi connectivity index (χ0n) is 8.02. The molecule has 0 aromatic rings. The normalized spacial score (nSPS) is 20.7. The first-order chi connectivity index (χ1) is 5.18. The summed E-state index contributed by atoms with van der Waals surface area (Å²) in [6.45, 7) is 6.50. The molecule has 1 saturated carbocycles. The number of hydrogen-bond acceptors (Lipinski definition) is 1. The molecular weight excluding hydrogens is 136 g/mol. The third-order valence-corrected chi connectivity index (χ3v) is 2.28. The molecule has 0 aromatic carbocycles. The Hall–Kier alpha value is -0.0400. The average molecular weight is 156 g/mol. The molecule has 1 nitrogen and oxygen atoms in total. The minimum absolute atomic E-state index is 0.324. The van der Waals surface area contributed by atoms with Crippen LogP contribution in [-0.4, -0.2) is 11.7 Å². The molecule has 1 aliphatic carbocycles. The van der Waals surface area contributed by atoms with Gasteiger partial charge in [0, 0.05) is 0 Å². The van der Waals surface area contributed by atoms with E-state index >= 15 is 0 Å². The van der Waals surface area contributed by atoms with E-state index in [2.05, 4.69) is 20.8 Å². The van der Waals surface area contributed by atoms with Crippen molar-refractivity contribution in [1.82, 2.24) is 0 Å². The van der Waals surface area contributed by atoms with E-state index < -0.39 is 0 Å². The smallest absolute Gasteiger partial charge is 0.0688 e. The third-order valence-electron chi connectivity index (χ3n) is 2.28. The monoisotopic (exact) mass is 156 g/mol. The van der Waals surface area contributed by atoms with Gasteiger partial charge in [-0.2, -0.15) is 0 Å². The molecule has 66 valence electrons. The van der Waals surface area contributed by atoms with Gasteiger partial charge >= 0.3 is 0 Å². The van der Waals surface area contributed by atoms with Crippen molar-refractivity contribution in [1.29, 1.82) is 0 Å². The molecule has 1 heteroatoms. The lowest BCUT2D eigenvalue weighted by molar-refractivity contribution is -0.0170. The topological polar surface area (TPSA) is 9.23 Å². The Kier molecular flexibility index (Phi) is 2.94. The highest BCUT2D eigenvalue weighted by Gasteiger charge is 2.43. The van der Waals surface area contributed by atoms with Gasteiger partial charge in [0.1, 0.15) is 0 Å². The van der Waals surface area contributed by atoms with Crippen LogP contribution >= 0.6 is 0 Å². The Morgan fingerprint density at radius 2 is 2.00 bits per heavy atom. The summed E-state index contributed by atoms with van der Waals surface area (Å²) in [5, 5.41) is 0. The van der Waals surface area contributed by atoms with Crippen molar-refractivity contribution in [3.8, 4) is 0 Å². The molecule has 0 aromatic heterocycles. The van der Waals surface area contributed by atoms with Crippen molar-refractivity contribution in [2.24, 2.45) is 0 Å². The van der Waals surface area contributed by atoms with E-state index in [1.807, 2.05) is 0 Å². The fourth-order valence-electron chi connectivity index (χ4n) is 1.57. The highest BCUT2D eigenvalue weighted by atomic mass is 16.5. The molecule has 0 heterocycles. The summed E-state index contributed by atoms with van der Waals surface area (Å²) in [7, 11) is 0. The van der Waals surface area contributed by atoms with Crippen LogP contribution in [0.15, 0.2) is 0 Å². The zero-order chi connectivity index (χ0) is 8.32. The van der Waals surface area contributed by atoms with Gasteiger partial charge in [0.15, 0.2) is 0 Å². The molecule has 0 spiro atoms. The van der Waals surface area contributed by atoms with Gasteiger partial charge in [-0.25, -0.2) is 0 Å². The van der Waals surface area contributed by atoms with Crippen molar-refractivity contribution >= 4 is 0 Å². The van der Waals surface area contributed by atoms with Crippen molar-refractivity contribution in [2.75, 3.05) is 0 Å². The maximum atomic E-state index is 5.85. The zero-order valence-corrected chi connectivity index (χ0v) is 8.02. The lowest BCUT2D eigenvalue weighted by Gasteiger charge is -2.18. The van der Waals surface area contributed by atoms with Crippen LogP contribution in [0.25, 0.3) is 0 Å². The van der Waals surface area contributed by atoms with Crippen molar-refractivity contribution in [3.05, 3.63) is 0 Å². The van der Waals surface area contributed by atoms with Crippen molar-refractivity contribution in [2.45, 2.75) is 64.6 Å². The fourth-order valence-corrected chi connectivity index (χ4v) is 1.57. The molecule has 0 unspecified atom stereocenters. The predicted octanol–water partition coefficient (Wildman–Crippen LogP) is 3.13. The molecule has 1 fully saturated rings. The van der Waals surface area contributed by atoms with Crippen LogP contribution in [0.2, 0.25) is 0 Å². The largest absolute Gasteiger partial charge is 0.372 e. The Morgan fingerprint density at radius 1 is 1.36 bits per heavy atom. The summed E-state index contributed by atoms with van der Waals surface area (Å²) in [5.41, 5.74) is 0.324. The molecule has 0 amide bonds. The molecule has 0 saturated heterocycles. The first-order valence-electron chi connectivity index (χ1n) is 4.86. The SMILES string of the molecule is CCCCC1(OC(C)C)CC1. The Labute approximate surface area is 70.1 Å². The number of rotatable bonds is 5. The number of hydrogen-bond donors (Lipinski definition) is 0. The van der Waals surface area contributed by atoms with E-state index in [0.29, 0.717) is 11.7 Å². The number of ether oxygens (including phenoxy) is 1. The molecular formula is C10H20O. The van der Waals surface area contributed by atoms with Gasteiger partial charge in [0.2, 0.25) is 0 Å².